The molecule has 23 heteroatoms. The third-order valence-electron chi connectivity index (χ3n) is 11.6. The van der Waals surface area contributed by atoms with Gasteiger partial charge in [-0.15, -0.1) is 6.58 Å². The van der Waals surface area contributed by atoms with Gasteiger partial charge in [0.1, 0.15) is 61.4 Å². The highest BCUT2D eigenvalue weighted by Crippen LogP contribution is 2.42. The van der Waals surface area contributed by atoms with E-state index in [1.54, 1.807) is 24.3 Å². The van der Waals surface area contributed by atoms with Crippen LogP contribution in [0.1, 0.15) is 58.3 Å². The average Bonchev–Trinajstić information content (AvgIpc) is 3.33. The van der Waals surface area contributed by atoms with Gasteiger partial charge in [0.2, 0.25) is 11.8 Å². The first-order chi connectivity index (χ1) is 33.6. The molecular weight excluding hydrogens is 929 g/mol. The van der Waals surface area contributed by atoms with Crippen LogP contribution in [-0.4, -0.2) is 161 Å². The highest BCUT2D eigenvalue weighted by molar-refractivity contribution is 5.74. The second-order valence-corrected chi connectivity index (χ2v) is 16.7. The molecule has 0 saturated carbocycles. The van der Waals surface area contributed by atoms with Crippen LogP contribution >= 0.6 is 0 Å². The second kappa shape index (κ2) is 24.0. The number of esters is 3. The number of carbonyl (C=O) groups is 6. The maximum Gasteiger partial charge on any atom is 0.508 e. The molecule has 0 radical (unpaired) electrons. The van der Waals surface area contributed by atoms with Crippen LogP contribution in [0, 0.1) is 0 Å². The predicted octanol–water partition coefficient (Wildman–Crippen LogP) is 1.95. The number of benzene rings is 2. The summed E-state index contributed by atoms with van der Waals surface area (Å²) in [5.41, 5.74) is 1.29. The van der Waals surface area contributed by atoms with Crippen LogP contribution in [0.15, 0.2) is 73.3 Å². The van der Waals surface area contributed by atoms with E-state index in [4.69, 9.17) is 71.1 Å². The minimum absolute atomic E-state index is 0.00256. The summed E-state index contributed by atoms with van der Waals surface area (Å²) in [5.74, 6) is -3.58. The number of nitrogens with one attached hydrogen (secondary N) is 2. The maximum absolute atomic E-state index is 13.4. The van der Waals surface area contributed by atoms with E-state index in [1.165, 1.54) is 19.9 Å². The zero-order valence-electron chi connectivity index (χ0n) is 39.3. The third-order valence-corrected chi connectivity index (χ3v) is 11.6. The van der Waals surface area contributed by atoms with Crippen molar-refractivity contribution in [1.82, 2.24) is 10.6 Å². The summed E-state index contributed by atoms with van der Waals surface area (Å²) in [7, 11) is 1.03. The highest BCUT2D eigenvalue weighted by atomic mass is 16.8. The topological polar surface area (TPSA) is 265 Å². The molecule has 0 aliphatic carbocycles. The van der Waals surface area contributed by atoms with E-state index in [1.807, 2.05) is 36.4 Å². The van der Waals surface area contributed by atoms with Gasteiger partial charge in [-0.1, -0.05) is 66.7 Å². The Morgan fingerprint density at radius 2 is 1.10 bits per heavy atom. The molecule has 5 aliphatic heterocycles. The number of hydrogen-bond acceptors (Lipinski definition) is 21. The molecule has 5 fully saturated rings. The van der Waals surface area contributed by atoms with Crippen LogP contribution in [0.5, 0.6) is 0 Å². The van der Waals surface area contributed by atoms with E-state index < -0.39 is 147 Å². The number of ether oxygens (including phenoxy) is 15. The van der Waals surface area contributed by atoms with Gasteiger partial charge in [-0.25, -0.2) is 4.79 Å². The summed E-state index contributed by atoms with van der Waals surface area (Å²) in [4.78, 5) is 77.0. The van der Waals surface area contributed by atoms with E-state index in [9.17, 15) is 28.8 Å². The normalized spacial score (nSPS) is 34.7. The molecule has 5 heterocycles. The van der Waals surface area contributed by atoms with Crippen LogP contribution in [-0.2, 0) is 95.0 Å². The molecule has 0 aromatic heterocycles. The molecule has 382 valence electrons. The van der Waals surface area contributed by atoms with Crippen molar-refractivity contribution < 1.29 is 99.8 Å². The van der Waals surface area contributed by atoms with Crippen molar-refractivity contribution in [2.75, 3.05) is 33.5 Å². The summed E-state index contributed by atoms with van der Waals surface area (Å²) in [5, 5.41) is 5.76. The Kier molecular flexibility index (Phi) is 17.9. The van der Waals surface area contributed by atoms with Gasteiger partial charge in [0, 0.05) is 45.7 Å². The molecule has 2 aromatic carbocycles. The fourth-order valence-electron chi connectivity index (χ4n) is 8.80. The summed E-state index contributed by atoms with van der Waals surface area (Å²) in [6, 6.07) is 15.5. The Morgan fingerprint density at radius 1 is 0.600 bits per heavy atom. The number of carbonyl (C=O) groups excluding carboxylic acids is 6. The van der Waals surface area contributed by atoms with Gasteiger partial charge in [-0.2, -0.15) is 0 Å². The third kappa shape index (κ3) is 12.8. The zero-order chi connectivity index (χ0) is 50.1. The zero-order valence-corrected chi connectivity index (χ0v) is 39.3. The van der Waals surface area contributed by atoms with Gasteiger partial charge in [0.05, 0.1) is 26.9 Å². The van der Waals surface area contributed by atoms with Gasteiger partial charge >= 0.3 is 24.1 Å². The number of fused-ring (bicyclic) bond motifs is 2. The van der Waals surface area contributed by atoms with Gasteiger partial charge < -0.3 is 81.7 Å². The second-order valence-electron chi connectivity index (χ2n) is 16.7. The van der Waals surface area contributed by atoms with Crippen molar-refractivity contribution >= 4 is 35.9 Å². The largest absolute Gasteiger partial charge is 0.508 e. The lowest BCUT2D eigenvalue weighted by Crippen LogP contribution is -2.72. The summed E-state index contributed by atoms with van der Waals surface area (Å²) in [6.45, 7) is 8.85. The Labute approximate surface area is 402 Å². The van der Waals surface area contributed by atoms with Crippen molar-refractivity contribution in [1.29, 1.82) is 0 Å². The SMILES string of the molecule is C=CCO[C@@H]1O[C@@H]2COC(c3ccccc3)O[C@@H]2[C@H](O[C@H]2O[C@@H]3COC(c4ccccc4)O[C@@H]3[C@H](O[C@@H]3O[C@H](COC(C)=O)[C@H](OC(C)=O)[C@H](OC(C)=O)[C@H]3OC(=O)OC)[C@H]2NC(C)=O)[C@H]1NC(C)=O. The van der Waals surface area contributed by atoms with Crippen LogP contribution < -0.4 is 10.6 Å². The van der Waals surface area contributed by atoms with Crippen LogP contribution in [0.25, 0.3) is 0 Å². The first kappa shape index (κ1) is 52.2. The standard InChI is InChI=1S/C47H58N2O21/c1-8-19-57-44-33(48-23(2)50)38(35-31(63-44)21-59-42(66-35)28-15-11-9-12-16-28)68-45-34(49-24(3)51)39(36-32(64-45)22-60-43(67-36)29-17-13-10-14-18-29)69-46-41(70-47(55)56-7)40(62-27(6)54)37(61-26(5)53)30(65-46)20-58-25(4)52/h8-18,30-46H,1,19-22H2,2-7H3,(H,48,50)(H,49,51)/t30-,31-,32-,33-,34-,35+,36+,37+,38-,39-,40+,41-,42?,43?,44-,45-,46+/m1/s1. The minimum Gasteiger partial charge on any atom is -0.463 e. The summed E-state index contributed by atoms with van der Waals surface area (Å²) < 4.78 is 92.0. The smallest absolute Gasteiger partial charge is 0.463 e. The molecule has 2 aromatic rings. The molecule has 70 heavy (non-hydrogen) atoms. The van der Waals surface area contributed by atoms with Crippen molar-refractivity contribution in [2.45, 2.75) is 139 Å². The summed E-state index contributed by atoms with van der Waals surface area (Å²) in [6.07, 6.45) is -19.4. The van der Waals surface area contributed by atoms with Crippen LogP contribution in [0.2, 0.25) is 0 Å². The number of rotatable bonds is 16. The minimum atomic E-state index is -1.82. The number of hydrogen-bond donors (Lipinski definition) is 2. The Bertz CT molecular complexity index is 2130. The van der Waals surface area contributed by atoms with Crippen LogP contribution in [0.4, 0.5) is 4.79 Å². The molecule has 0 bridgehead atoms. The van der Waals surface area contributed by atoms with Crippen molar-refractivity contribution in [2.24, 2.45) is 0 Å². The van der Waals surface area contributed by atoms with Gasteiger partial charge in [-0.3, -0.25) is 24.0 Å². The van der Waals surface area contributed by atoms with Crippen molar-refractivity contribution in [3.8, 4) is 0 Å². The number of amides is 2. The van der Waals surface area contributed by atoms with Gasteiger partial charge in [0.15, 0.2) is 49.8 Å². The predicted molar refractivity (Wildman–Crippen MR) is 232 cm³/mol. The van der Waals surface area contributed by atoms with E-state index in [0.29, 0.717) is 11.1 Å². The number of methoxy groups -OCH3 is 1. The molecule has 0 spiro atoms. The molecule has 2 amide bonds. The molecule has 7 rings (SSSR count). The van der Waals surface area contributed by atoms with Gasteiger partial charge in [-0.05, 0) is 0 Å². The van der Waals surface area contributed by atoms with E-state index in [0.717, 1.165) is 27.9 Å². The Morgan fingerprint density at radius 3 is 1.59 bits per heavy atom. The summed E-state index contributed by atoms with van der Waals surface area (Å²) >= 11 is 0. The molecule has 23 nitrogen and oxygen atoms in total. The van der Waals surface area contributed by atoms with E-state index in [2.05, 4.69) is 17.2 Å². The lowest BCUT2D eigenvalue weighted by Gasteiger charge is -2.54. The molecule has 2 N–H and O–H groups in total. The molecule has 5 aliphatic rings. The molecule has 5 saturated heterocycles. The first-order valence-corrected chi connectivity index (χ1v) is 22.5. The van der Waals surface area contributed by atoms with Crippen molar-refractivity contribution in [3.05, 3.63) is 84.4 Å². The lowest BCUT2D eigenvalue weighted by molar-refractivity contribution is -0.397. The Hall–Kier alpha value is -5.60. The van der Waals surface area contributed by atoms with Gasteiger partial charge in [0.25, 0.3) is 0 Å². The first-order valence-electron chi connectivity index (χ1n) is 22.5. The lowest BCUT2D eigenvalue weighted by atomic mass is 9.92. The van der Waals surface area contributed by atoms with Crippen LogP contribution in [0.3, 0.4) is 0 Å². The highest BCUT2D eigenvalue weighted by Gasteiger charge is 2.60. The van der Waals surface area contributed by atoms with Crippen molar-refractivity contribution in [3.63, 3.8) is 0 Å². The molecule has 2 unspecified atom stereocenters. The quantitative estimate of drug-likeness (QED) is 0.138. The fraction of sp³-hybridized carbons (Fsp3) is 0.574. The Balaban J connectivity index is 1.33. The average molecular weight is 987 g/mol. The van der Waals surface area contributed by atoms with E-state index >= 15 is 0 Å². The maximum atomic E-state index is 13.4. The monoisotopic (exact) mass is 986 g/mol. The van der Waals surface area contributed by atoms with E-state index in [-0.39, 0.29) is 19.8 Å². The molecular formula is C47H58N2O21. The molecule has 17 atom stereocenters. The fourth-order valence-corrected chi connectivity index (χ4v) is 8.80.